The van der Waals surface area contributed by atoms with Gasteiger partial charge in [-0.2, -0.15) is 0 Å². The molecule has 1 aromatic rings. The van der Waals surface area contributed by atoms with E-state index in [4.69, 9.17) is 10.5 Å². The molecular weight excluding hydrogens is 252 g/mol. The average Bonchev–Trinajstić information content (AvgIpc) is 2.44. The molecule has 4 nitrogen and oxygen atoms in total. The molecule has 1 rings (SSSR count). The summed E-state index contributed by atoms with van der Waals surface area (Å²) in [4.78, 5) is 11.9. The molecule has 0 aliphatic rings. The number of ether oxygens (including phenoxy) is 1. The molecule has 0 aromatic heterocycles. The van der Waals surface area contributed by atoms with E-state index in [2.05, 4.69) is 19.2 Å². The number of hydrogen-bond acceptors (Lipinski definition) is 3. The smallest absolute Gasteiger partial charge is 0.220 e. The van der Waals surface area contributed by atoms with E-state index in [0.29, 0.717) is 18.9 Å². The van der Waals surface area contributed by atoms with Gasteiger partial charge in [0.25, 0.3) is 0 Å². The third-order valence-electron chi connectivity index (χ3n) is 3.39. The summed E-state index contributed by atoms with van der Waals surface area (Å²) in [6.07, 6.45) is 1.99. The average molecular weight is 278 g/mol. The van der Waals surface area contributed by atoms with E-state index in [9.17, 15) is 4.79 Å². The molecule has 0 bridgehead atoms. The minimum atomic E-state index is 0.0732. The van der Waals surface area contributed by atoms with Gasteiger partial charge in [0.2, 0.25) is 5.91 Å². The summed E-state index contributed by atoms with van der Waals surface area (Å²) >= 11 is 0. The molecule has 0 radical (unpaired) electrons. The van der Waals surface area contributed by atoms with E-state index < -0.39 is 0 Å². The number of para-hydroxylation sites is 1. The Morgan fingerprint density at radius 1 is 1.35 bits per heavy atom. The van der Waals surface area contributed by atoms with Gasteiger partial charge < -0.3 is 15.8 Å². The SMILES string of the molecule is COc1ccccc1CC(NC(=O)CCCN)C(C)C. The molecular formula is C16H26N2O2. The number of methoxy groups -OCH3 is 1. The lowest BCUT2D eigenvalue weighted by molar-refractivity contribution is -0.122. The number of nitrogens with two attached hydrogens (primary N) is 1. The van der Waals surface area contributed by atoms with Crippen molar-refractivity contribution < 1.29 is 9.53 Å². The topological polar surface area (TPSA) is 64.3 Å². The fourth-order valence-corrected chi connectivity index (χ4v) is 2.10. The van der Waals surface area contributed by atoms with Gasteiger partial charge in [0.15, 0.2) is 0 Å². The highest BCUT2D eigenvalue weighted by molar-refractivity contribution is 5.76. The number of carbonyl (C=O) groups is 1. The Hall–Kier alpha value is -1.55. The van der Waals surface area contributed by atoms with Crippen molar-refractivity contribution in [2.45, 2.75) is 39.2 Å². The number of rotatable bonds is 8. The van der Waals surface area contributed by atoms with Gasteiger partial charge >= 0.3 is 0 Å². The molecule has 20 heavy (non-hydrogen) atoms. The van der Waals surface area contributed by atoms with Gasteiger partial charge in [-0.3, -0.25) is 4.79 Å². The highest BCUT2D eigenvalue weighted by Crippen LogP contribution is 2.21. The predicted molar refractivity (Wildman–Crippen MR) is 81.8 cm³/mol. The first kappa shape index (κ1) is 16.5. The Morgan fingerprint density at radius 3 is 2.65 bits per heavy atom. The normalized spacial score (nSPS) is 12.2. The van der Waals surface area contributed by atoms with Crippen molar-refractivity contribution in [2.24, 2.45) is 11.7 Å². The van der Waals surface area contributed by atoms with Crippen molar-refractivity contribution in [3.05, 3.63) is 29.8 Å². The quantitative estimate of drug-likeness (QED) is 0.765. The highest BCUT2D eigenvalue weighted by atomic mass is 16.5. The van der Waals surface area contributed by atoms with E-state index in [-0.39, 0.29) is 11.9 Å². The van der Waals surface area contributed by atoms with Crippen LogP contribution in [0.4, 0.5) is 0 Å². The van der Waals surface area contributed by atoms with Crippen LogP contribution in [0, 0.1) is 5.92 Å². The van der Waals surface area contributed by atoms with Gasteiger partial charge in [-0.1, -0.05) is 32.0 Å². The lowest BCUT2D eigenvalue weighted by atomic mass is 9.95. The van der Waals surface area contributed by atoms with Crippen LogP contribution < -0.4 is 15.8 Å². The van der Waals surface area contributed by atoms with Crippen LogP contribution in [0.2, 0.25) is 0 Å². The Balaban J connectivity index is 2.69. The summed E-state index contributed by atoms with van der Waals surface area (Å²) in [7, 11) is 1.67. The largest absolute Gasteiger partial charge is 0.496 e. The maximum atomic E-state index is 11.9. The zero-order valence-corrected chi connectivity index (χ0v) is 12.7. The van der Waals surface area contributed by atoms with Crippen LogP contribution in [0.25, 0.3) is 0 Å². The molecule has 0 aliphatic carbocycles. The molecule has 1 atom stereocenters. The summed E-state index contributed by atoms with van der Waals surface area (Å²) in [6, 6.07) is 8.04. The van der Waals surface area contributed by atoms with Gasteiger partial charge in [0.1, 0.15) is 5.75 Å². The van der Waals surface area contributed by atoms with E-state index in [0.717, 1.165) is 24.2 Å². The molecule has 4 heteroatoms. The van der Waals surface area contributed by atoms with E-state index in [1.54, 1.807) is 7.11 Å². The molecule has 0 saturated carbocycles. The number of carbonyl (C=O) groups excluding carboxylic acids is 1. The third kappa shape index (κ3) is 5.21. The lowest BCUT2D eigenvalue weighted by Gasteiger charge is -2.23. The van der Waals surface area contributed by atoms with Crippen molar-refractivity contribution in [1.82, 2.24) is 5.32 Å². The van der Waals surface area contributed by atoms with Crippen molar-refractivity contribution in [3.8, 4) is 5.75 Å². The summed E-state index contributed by atoms with van der Waals surface area (Å²) < 4.78 is 5.37. The van der Waals surface area contributed by atoms with Crippen LogP contribution in [0.1, 0.15) is 32.3 Å². The first-order chi connectivity index (χ1) is 9.58. The van der Waals surface area contributed by atoms with Gasteiger partial charge in [0, 0.05) is 12.5 Å². The number of hydrogen-bond donors (Lipinski definition) is 2. The molecule has 112 valence electrons. The van der Waals surface area contributed by atoms with Gasteiger partial charge in [-0.15, -0.1) is 0 Å². The van der Waals surface area contributed by atoms with Crippen molar-refractivity contribution >= 4 is 5.91 Å². The minimum absolute atomic E-state index is 0.0732. The first-order valence-electron chi connectivity index (χ1n) is 7.19. The highest BCUT2D eigenvalue weighted by Gasteiger charge is 2.18. The van der Waals surface area contributed by atoms with Crippen molar-refractivity contribution in [2.75, 3.05) is 13.7 Å². The molecule has 0 heterocycles. The molecule has 3 N–H and O–H groups in total. The third-order valence-corrected chi connectivity index (χ3v) is 3.39. The van der Waals surface area contributed by atoms with Crippen molar-refractivity contribution in [3.63, 3.8) is 0 Å². The summed E-state index contributed by atoms with van der Waals surface area (Å²) in [5, 5.41) is 3.10. The van der Waals surface area contributed by atoms with Gasteiger partial charge in [0.05, 0.1) is 7.11 Å². The Morgan fingerprint density at radius 2 is 2.05 bits per heavy atom. The molecule has 1 aromatic carbocycles. The summed E-state index contributed by atoms with van der Waals surface area (Å²) in [5.74, 6) is 1.31. The van der Waals surface area contributed by atoms with Crippen LogP contribution >= 0.6 is 0 Å². The summed E-state index contributed by atoms with van der Waals surface area (Å²) in [5.41, 5.74) is 6.55. The first-order valence-corrected chi connectivity index (χ1v) is 7.19. The van der Waals surface area contributed by atoms with Crippen molar-refractivity contribution in [1.29, 1.82) is 0 Å². The standard InChI is InChI=1S/C16H26N2O2/c1-12(2)14(18-16(19)9-6-10-17)11-13-7-4-5-8-15(13)20-3/h4-5,7-8,12,14H,6,9-11,17H2,1-3H3,(H,18,19). The maximum absolute atomic E-state index is 11.9. The fourth-order valence-electron chi connectivity index (χ4n) is 2.10. The fraction of sp³-hybridized carbons (Fsp3) is 0.562. The van der Waals surface area contributed by atoms with Crippen LogP contribution in [-0.4, -0.2) is 25.6 Å². The molecule has 1 amide bonds. The monoisotopic (exact) mass is 278 g/mol. The summed E-state index contributed by atoms with van der Waals surface area (Å²) in [6.45, 7) is 4.78. The zero-order chi connectivity index (χ0) is 15.0. The molecule has 0 aliphatic heterocycles. The van der Waals surface area contributed by atoms with Crippen LogP contribution in [0.5, 0.6) is 5.75 Å². The number of benzene rings is 1. The van der Waals surface area contributed by atoms with E-state index >= 15 is 0 Å². The predicted octanol–water partition coefficient (Wildman–Crippen LogP) is 2.12. The van der Waals surface area contributed by atoms with Crippen LogP contribution in [0.3, 0.4) is 0 Å². The zero-order valence-electron chi connectivity index (χ0n) is 12.7. The van der Waals surface area contributed by atoms with Gasteiger partial charge in [-0.05, 0) is 36.9 Å². The second kappa shape index (κ2) is 8.59. The Labute approximate surface area is 121 Å². The van der Waals surface area contributed by atoms with Crippen LogP contribution in [-0.2, 0) is 11.2 Å². The molecule has 0 saturated heterocycles. The lowest BCUT2D eigenvalue weighted by Crippen LogP contribution is -2.40. The molecule has 0 spiro atoms. The van der Waals surface area contributed by atoms with E-state index in [1.165, 1.54) is 0 Å². The maximum Gasteiger partial charge on any atom is 0.220 e. The molecule has 1 unspecified atom stereocenters. The van der Waals surface area contributed by atoms with E-state index in [1.807, 2.05) is 24.3 Å². The minimum Gasteiger partial charge on any atom is -0.496 e. The van der Waals surface area contributed by atoms with Crippen LogP contribution in [0.15, 0.2) is 24.3 Å². The Bertz CT molecular complexity index is 419. The number of amides is 1. The number of nitrogens with one attached hydrogen (secondary N) is 1. The second-order valence-corrected chi connectivity index (χ2v) is 5.33. The Kier molecular flexibility index (Phi) is 7.09. The molecule has 0 fully saturated rings. The van der Waals surface area contributed by atoms with Gasteiger partial charge in [-0.25, -0.2) is 0 Å². The second-order valence-electron chi connectivity index (χ2n) is 5.33.